The van der Waals surface area contributed by atoms with Gasteiger partial charge in [0.1, 0.15) is 11.7 Å². The van der Waals surface area contributed by atoms with E-state index in [1.54, 1.807) is 0 Å². The Morgan fingerprint density at radius 2 is 1.33 bits per heavy atom. The van der Waals surface area contributed by atoms with E-state index in [9.17, 15) is 0 Å². The molecule has 0 aliphatic carbocycles. The smallest absolute Gasteiger partial charge is 0.129 e. The van der Waals surface area contributed by atoms with Gasteiger partial charge >= 0.3 is 0 Å². The molecule has 1 unspecified atom stereocenters. The molecule has 2 aliphatic rings. The first-order chi connectivity index (χ1) is 11.9. The van der Waals surface area contributed by atoms with Crippen molar-refractivity contribution in [1.82, 2.24) is 4.90 Å². The molecule has 0 aromatic heterocycles. The molecule has 24 heavy (non-hydrogen) atoms. The van der Waals surface area contributed by atoms with Gasteiger partial charge in [-0.05, 0) is 16.7 Å². The molecule has 3 atom stereocenters. The van der Waals surface area contributed by atoms with Crippen LogP contribution in [0.3, 0.4) is 0 Å². The van der Waals surface area contributed by atoms with Crippen molar-refractivity contribution in [1.29, 1.82) is 0 Å². The maximum Gasteiger partial charge on any atom is 0.129 e. The molecule has 2 heteroatoms. The van der Waals surface area contributed by atoms with Crippen LogP contribution in [0.2, 0.25) is 0 Å². The molecule has 0 saturated carbocycles. The van der Waals surface area contributed by atoms with Crippen LogP contribution in [0.25, 0.3) is 0 Å². The van der Waals surface area contributed by atoms with E-state index in [4.69, 9.17) is 4.99 Å². The lowest BCUT2D eigenvalue weighted by atomic mass is 9.90. The van der Waals surface area contributed by atoms with Crippen LogP contribution in [0.1, 0.15) is 22.9 Å². The summed E-state index contributed by atoms with van der Waals surface area (Å²) in [6, 6.07) is 32.0. The quantitative estimate of drug-likeness (QED) is 0.655. The summed E-state index contributed by atoms with van der Waals surface area (Å²) in [5, 5.41) is 0. The molecule has 0 spiro atoms. The van der Waals surface area contributed by atoms with E-state index >= 15 is 0 Å². The second-order valence-corrected chi connectivity index (χ2v) is 6.48. The molecule has 3 aromatic rings. The highest BCUT2D eigenvalue weighted by Gasteiger charge is 2.64. The largest absolute Gasteiger partial charge is 0.263 e. The van der Waals surface area contributed by atoms with Gasteiger partial charge in [0, 0.05) is 6.54 Å². The van der Waals surface area contributed by atoms with Crippen LogP contribution in [0.4, 0.5) is 0 Å². The zero-order chi connectivity index (χ0) is 16.0. The lowest BCUT2D eigenvalue weighted by Gasteiger charge is -2.16. The minimum absolute atomic E-state index is 0.0663. The Kier molecular flexibility index (Phi) is 2.94. The molecule has 116 valence electrons. The highest BCUT2D eigenvalue weighted by Crippen LogP contribution is 2.56. The Balaban J connectivity index is 1.66. The van der Waals surface area contributed by atoms with Gasteiger partial charge in [-0.25, -0.2) is 0 Å². The Bertz CT molecular complexity index is 887. The fourth-order valence-electron chi connectivity index (χ4n) is 3.91. The third-order valence-corrected chi connectivity index (χ3v) is 5.12. The number of fused-ring (bicyclic) bond motifs is 1. The molecule has 1 saturated heterocycles. The van der Waals surface area contributed by atoms with Crippen LogP contribution >= 0.6 is 0 Å². The van der Waals surface area contributed by atoms with E-state index in [-0.39, 0.29) is 11.7 Å². The van der Waals surface area contributed by atoms with Gasteiger partial charge in [0.2, 0.25) is 0 Å². The zero-order valence-corrected chi connectivity index (χ0v) is 13.3. The van der Waals surface area contributed by atoms with Crippen LogP contribution in [-0.2, 0) is 5.54 Å². The molecule has 1 fully saturated rings. The van der Waals surface area contributed by atoms with E-state index in [1.165, 1.54) is 22.4 Å². The van der Waals surface area contributed by atoms with Crippen molar-refractivity contribution in [3.63, 3.8) is 0 Å². The summed E-state index contributed by atoms with van der Waals surface area (Å²) in [6.07, 6.45) is 0.113. The maximum atomic E-state index is 5.15. The summed E-state index contributed by atoms with van der Waals surface area (Å²) >= 11 is 0. The topological polar surface area (TPSA) is 15.4 Å². The fraction of sp³-hybridized carbons (Fsp3) is 0.136. The zero-order valence-electron chi connectivity index (χ0n) is 13.3. The fourth-order valence-corrected chi connectivity index (χ4v) is 3.91. The number of benzene rings is 3. The average molecular weight is 310 g/mol. The average Bonchev–Trinajstić information content (AvgIpc) is 3.33. The van der Waals surface area contributed by atoms with E-state index in [1.807, 2.05) is 0 Å². The molecule has 2 nitrogen and oxygen atoms in total. The second-order valence-electron chi connectivity index (χ2n) is 6.48. The summed E-state index contributed by atoms with van der Waals surface area (Å²) in [4.78, 5) is 7.65. The number of rotatable bonds is 3. The monoisotopic (exact) mass is 310 g/mol. The van der Waals surface area contributed by atoms with Gasteiger partial charge in [-0.2, -0.15) is 0 Å². The minimum Gasteiger partial charge on any atom is -0.263 e. The number of aliphatic imine (C=N–C) groups is 1. The highest BCUT2D eigenvalue weighted by molar-refractivity contribution is 6.11. The SMILES string of the molecule is c1ccc(C2=N[C@H](c3ccccc3)N3C[C@@]23c2ccccc2)cc1. The molecule has 5 rings (SSSR count). The number of hydrogen-bond donors (Lipinski definition) is 0. The van der Waals surface area contributed by atoms with Crippen molar-refractivity contribution in [3.05, 3.63) is 108 Å². The lowest BCUT2D eigenvalue weighted by Crippen LogP contribution is -2.23. The Morgan fingerprint density at radius 1 is 0.750 bits per heavy atom. The normalized spacial score (nSPS) is 27.4. The van der Waals surface area contributed by atoms with Crippen LogP contribution in [0.5, 0.6) is 0 Å². The van der Waals surface area contributed by atoms with Crippen molar-refractivity contribution >= 4 is 5.71 Å². The van der Waals surface area contributed by atoms with E-state index in [0.29, 0.717) is 0 Å². The Morgan fingerprint density at radius 3 is 2.00 bits per heavy atom. The van der Waals surface area contributed by atoms with Crippen LogP contribution in [0.15, 0.2) is 96.0 Å². The molecule has 2 aliphatic heterocycles. The van der Waals surface area contributed by atoms with Gasteiger partial charge in [-0.1, -0.05) is 91.0 Å². The molecule has 0 N–H and O–H groups in total. The standard InChI is InChI=1S/C22H18N2/c1-4-10-17(11-5-1)20-22(19-14-8-3-9-15-19)16-24(22)21(23-20)18-12-6-2-7-13-18/h1-15,21H,16H2/t21-,22+,24?/m0/s1. The first-order valence-corrected chi connectivity index (χ1v) is 8.40. The van der Waals surface area contributed by atoms with Crippen molar-refractivity contribution in [2.45, 2.75) is 11.7 Å². The van der Waals surface area contributed by atoms with Crippen molar-refractivity contribution in [2.24, 2.45) is 4.99 Å². The molecule has 0 amide bonds. The summed E-state index contributed by atoms with van der Waals surface area (Å²) < 4.78 is 0. The molecule has 0 bridgehead atoms. The molecule has 2 heterocycles. The first-order valence-electron chi connectivity index (χ1n) is 8.40. The Labute approximate surface area is 142 Å². The summed E-state index contributed by atoms with van der Waals surface area (Å²) in [7, 11) is 0. The Hall–Kier alpha value is -2.71. The van der Waals surface area contributed by atoms with Crippen LogP contribution in [-0.4, -0.2) is 17.2 Å². The second kappa shape index (κ2) is 5.15. The van der Waals surface area contributed by atoms with Gasteiger partial charge < -0.3 is 0 Å². The minimum atomic E-state index is -0.0663. The molecule has 3 aromatic carbocycles. The lowest BCUT2D eigenvalue weighted by molar-refractivity contribution is 0.401. The summed E-state index contributed by atoms with van der Waals surface area (Å²) in [6.45, 7) is 1.03. The molecular formula is C22H18N2. The van der Waals surface area contributed by atoms with Gasteiger partial charge in [0.15, 0.2) is 0 Å². The van der Waals surface area contributed by atoms with Gasteiger partial charge in [0.25, 0.3) is 0 Å². The third kappa shape index (κ3) is 1.90. The van der Waals surface area contributed by atoms with Gasteiger partial charge in [-0.15, -0.1) is 0 Å². The van der Waals surface area contributed by atoms with Crippen molar-refractivity contribution in [3.8, 4) is 0 Å². The van der Waals surface area contributed by atoms with Crippen LogP contribution in [0, 0.1) is 0 Å². The van der Waals surface area contributed by atoms with Crippen LogP contribution < -0.4 is 0 Å². The van der Waals surface area contributed by atoms with Crippen molar-refractivity contribution < 1.29 is 0 Å². The maximum absolute atomic E-state index is 5.15. The third-order valence-electron chi connectivity index (χ3n) is 5.12. The van der Waals surface area contributed by atoms with E-state index < -0.39 is 0 Å². The predicted molar refractivity (Wildman–Crippen MR) is 97.0 cm³/mol. The molecule has 0 radical (unpaired) electrons. The van der Waals surface area contributed by atoms with Gasteiger partial charge in [-0.3, -0.25) is 9.89 Å². The number of hydrogen-bond acceptors (Lipinski definition) is 2. The molecular weight excluding hydrogens is 292 g/mol. The van der Waals surface area contributed by atoms with E-state index in [0.717, 1.165) is 6.54 Å². The van der Waals surface area contributed by atoms with Crippen molar-refractivity contribution in [2.75, 3.05) is 6.54 Å². The number of nitrogens with zero attached hydrogens (tertiary/aromatic N) is 2. The van der Waals surface area contributed by atoms with E-state index in [2.05, 4.69) is 95.9 Å². The first kappa shape index (κ1) is 13.7. The summed E-state index contributed by atoms with van der Waals surface area (Å²) in [5.74, 6) is 0. The predicted octanol–water partition coefficient (Wildman–Crippen LogP) is 4.40. The summed E-state index contributed by atoms with van der Waals surface area (Å²) in [5.41, 5.74) is 4.96. The van der Waals surface area contributed by atoms with Gasteiger partial charge in [0.05, 0.1) is 5.71 Å². The highest BCUT2D eigenvalue weighted by atomic mass is 15.5.